The summed E-state index contributed by atoms with van der Waals surface area (Å²) in [5, 5.41) is 42.7. The summed E-state index contributed by atoms with van der Waals surface area (Å²) in [5.74, 6) is -4.74. The first-order valence-corrected chi connectivity index (χ1v) is 24.5. The number of carbonyl (C=O) groups is 7. The third kappa shape index (κ3) is 31.1. The summed E-state index contributed by atoms with van der Waals surface area (Å²) in [7, 11) is 2.34. The second-order valence-electron chi connectivity index (χ2n) is 17.8. The molecule has 0 bridgehead atoms. The number of hydrogen-bond donors (Lipinski definition) is 10. The lowest BCUT2D eigenvalue weighted by molar-refractivity contribution is -0.485. The van der Waals surface area contributed by atoms with Crippen molar-refractivity contribution >= 4 is 53.6 Å². The van der Waals surface area contributed by atoms with Crippen molar-refractivity contribution in [3.63, 3.8) is 0 Å². The zero-order valence-electron chi connectivity index (χ0n) is 45.0. The van der Waals surface area contributed by atoms with Crippen LogP contribution in [-0.4, -0.2) is 159 Å². The highest BCUT2D eigenvalue weighted by molar-refractivity contribution is 5.94. The minimum atomic E-state index is -1.23. The van der Waals surface area contributed by atoms with Crippen molar-refractivity contribution in [1.82, 2.24) is 37.2 Å². The normalized spacial score (nSPS) is 13.5. The van der Waals surface area contributed by atoms with Crippen LogP contribution in [0.3, 0.4) is 0 Å². The molecule has 0 aliphatic heterocycles. The maximum Gasteiger partial charge on any atom is 0.408 e. The number of nitrogens with zero attached hydrogens (tertiary/aromatic N) is 4. The molecule has 2 aromatic rings. The van der Waals surface area contributed by atoms with Crippen molar-refractivity contribution in [2.75, 3.05) is 53.7 Å². The van der Waals surface area contributed by atoms with Gasteiger partial charge in [-0.05, 0) is 57.6 Å². The number of esters is 2. The lowest BCUT2D eigenvalue weighted by atomic mass is 10.0. The first-order chi connectivity index (χ1) is 37.4. The fourth-order valence-corrected chi connectivity index (χ4v) is 6.57. The van der Waals surface area contributed by atoms with Crippen molar-refractivity contribution in [2.45, 2.75) is 101 Å². The minimum absolute atomic E-state index is 0.0399. The van der Waals surface area contributed by atoms with Crippen molar-refractivity contribution in [3.05, 3.63) is 117 Å². The van der Waals surface area contributed by atoms with Gasteiger partial charge in [-0.15, -0.1) is 13.2 Å². The molecule has 0 fully saturated rings. The van der Waals surface area contributed by atoms with Crippen molar-refractivity contribution in [2.24, 2.45) is 21.7 Å². The van der Waals surface area contributed by atoms with E-state index in [2.05, 4.69) is 66.3 Å². The molecule has 0 aliphatic rings. The number of nitro groups is 2. The van der Waals surface area contributed by atoms with Gasteiger partial charge in [0.15, 0.2) is 16.1 Å². The van der Waals surface area contributed by atoms with E-state index < -0.39 is 99.5 Å². The average molecular weight is 1120 g/mol. The van der Waals surface area contributed by atoms with Gasteiger partial charge >= 0.3 is 18.0 Å². The molecule has 0 saturated carbocycles. The molecule has 30 nitrogen and oxygen atoms in total. The number of quaternary nitrogens is 1. The summed E-state index contributed by atoms with van der Waals surface area (Å²) >= 11 is 0. The van der Waals surface area contributed by atoms with Crippen LogP contribution < -0.4 is 54.4 Å². The van der Waals surface area contributed by atoms with Gasteiger partial charge in [0.2, 0.25) is 17.7 Å². The van der Waals surface area contributed by atoms with E-state index in [9.17, 15) is 53.8 Å². The molecule has 14 N–H and O–H groups in total. The zero-order chi connectivity index (χ0) is 59.3. The molecule has 5 amide bonds. The van der Waals surface area contributed by atoms with Gasteiger partial charge in [0.05, 0.1) is 34.0 Å². The van der Waals surface area contributed by atoms with E-state index in [-0.39, 0.29) is 77.6 Å². The first kappa shape index (κ1) is 68.2. The topological polar surface area (TPSA) is 441 Å². The number of nitrogens with two attached hydrogens (primary N) is 2. The van der Waals surface area contributed by atoms with E-state index in [0.717, 1.165) is 12.7 Å². The molecule has 30 heteroatoms. The lowest BCUT2D eigenvalue weighted by Crippen LogP contribution is -2.71. The zero-order valence-corrected chi connectivity index (χ0v) is 45.0. The summed E-state index contributed by atoms with van der Waals surface area (Å²) in [6.45, 7) is 12.5. The third-order valence-corrected chi connectivity index (χ3v) is 10.2. The molecule has 6 atom stereocenters. The Hall–Kier alpha value is -8.77. The number of carbonyl (C=O) groups excluding carboxylic acids is 7. The van der Waals surface area contributed by atoms with Crippen molar-refractivity contribution in [1.29, 1.82) is 0 Å². The Kier molecular flexibility index (Phi) is 32.7. The summed E-state index contributed by atoms with van der Waals surface area (Å²) in [6.07, 6.45) is 3.12. The highest BCUT2D eigenvalue weighted by Gasteiger charge is 2.32. The second kappa shape index (κ2) is 37.9. The quantitative estimate of drug-likeness (QED) is 0.00563. The number of amides is 5. The molecule has 0 spiro atoms. The smallest absolute Gasteiger partial charge is 0.408 e. The van der Waals surface area contributed by atoms with Gasteiger partial charge in [0.1, 0.15) is 52.6 Å². The number of benzene rings is 2. The van der Waals surface area contributed by atoms with Crippen LogP contribution in [0, 0.1) is 20.2 Å². The number of alkyl carbamates (subject to hydrolysis) is 1. The van der Waals surface area contributed by atoms with Gasteiger partial charge in [-0.3, -0.25) is 19.2 Å². The van der Waals surface area contributed by atoms with E-state index >= 15 is 0 Å². The molecule has 0 saturated heterocycles. The van der Waals surface area contributed by atoms with Crippen LogP contribution in [0.1, 0.15) is 57.6 Å². The molecular weight excluding hydrogens is 1040 g/mol. The maximum absolute atomic E-state index is 13.4. The Morgan fingerprint density at radius 2 is 1.00 bits per heavy atom. The third-order valence-electron chi connectivity index (χ3n) is 10.2. The van der Waals surface area contributed by atoms with E-state index in [1.54, 1.807) is 69.3 Å². The maximum atomic E-state index is 13.4. The van der Waals surface area contributed by atoms with E-state index in [0.29, 0.717) is 12.0 Å². The number of hydrazone groups is 2. The number of guanidine groups is 2. The van der Waals surface area contributed by atoms with E-state index in [1.165, 1.54) is 13.2 Å². The summed E-state index contributed by atoms with van der Waals surface area (Å²) in [4.78, 5) is 110. The summed E-state index contributed by atoms with van der Waals surface area (Å²) in [6, 6.07) is 11.6. The number of nitrogens with one attached hydrogen (secondary N) is 7. The lowest BCUT2D eigenvalue weighted by Gasteiger charge is -2.26. The van der Waals surface area contributed by atoms with Crippen molar-refractivity contribution < 1.29 is 73.0 Å². The van der Waals surface area contributed by atoms with Gasteiger partial charge in [0, 0.05) is 25.9 Å². The fraction of sp³-hybridized carbons (Fsp3) is 0.490. The molecule has 0 radical (unpaired) electrons. The van der Waals surface area contributed by atoms with Crippen LogP contribution in [0.5, 0.6) is 0 Å². The van der Waals surface area contributed by atoms with Crippen LogP contribution in [0.25, 0.3) is 0 Å². The highest BCUT2D eigenvalue weighted by Crippen LogP contribution is 2.10. The van der Waals surface area contributed by atoms with Gasteiger partial charge in [-0.1, -0.05) is 72.8 Å². The number of rotatable bonds is 33. The average Bonchev–Trinajstić information content (AvgIpc) is 3.39. The van der Waals surface area contributed by atoms with Crippen LogP contribution in [-0.2, 0) is 65.3 Å². The number of ether oxygens (including phenoxy) is 5. The molecule has 2 rings (SSSR count). The van der Waals surface area contributed by atoms with Gasteiger partial charge in [-0.2, -0.15) is 0 Å². The summed E-state index contributed by atoms with van der Waals surface area (Å²) < 4.78 is 25.5. The van der Waals surface area contributed by atoms with E-state index in [4.69, 9.17) is 35.2 Å². The molecule has 0 aliphatic carbocycles. The number of methoxy groups -OCH3 is 2. The Balaban J connectivity index is 0.000000803. The molecule has 79 heavy (non-hydrogen) atoms. The molecule has 0 heterocycles. The molecule has 0 aromatic heterocycles. The Labute approximate surface area is 456 Å². The van der Waals surface area contributed by atoms with Crippen LogP contribution in [0.4, 0.5) is 4.79 Å². The molecular formula is C49H75N14O16+. The SMILES string of the molecule is C=CCOC[C@H](NC(=O)OC(C)(C)C)C(=O)N[C@H](Cc1ccccc1)C(=O)N[C@@H](CCCN/C(N)=N/[N+](=O)[O-])C(=O)OC.C=CCOC[C@H]([NH3+])C(=O)N[C@H](Cc1ccccc1)C(=O)N[C@@H](CCCN/C(N)=N/[N+](=O)[O-])C(=O)OC. The van der Waals surface area contributed by atoms with Gasteiger partial charge in [-0.25, -0.2) is 34.6 Å². The Bertz CT molecular complexity index is 2360. The predicted octanol–water partition coefficient (Wildman–Crippen LogP) is -1.60. The second-order valence-corrected chi connectivity index (χ2v) is 17.8. The summed E-state index contributed by atoms with van der Waals surface area (Å²) in [5.41, 5.74) is 15.2. The van der Waals surface area contributed by atoms with E-state index in [1.807, 2.05) is 18.2 Å². The van der Waals surface area contributed by atoms with Crippen LogP contribution in [0.15, 0.2) is 96.2 Å². The van der Waals surface area contributed by atoms with Gasteiger partial charge in [0.25, 0.3) is 17.8 Å². The Morgan fingerprint density at radius 1 is 0.620 bits per heavy atom. The van der Waals surface area contributed by atoms with Crippen LogP contribution in [0.2, 0.25) is 0 Å². The Morgan fingerprint density at radius 3 is 1.38 bits per heavy atom. The largest absolute Gasteiger partial charge is 0.467 e. The molecule has 0 unspecified atom stereocenters. The minimum Gasteiger partial charge on any atom is -0.467 e. The standard InChI is InChI=1S/C27H41N7O9.C22H33N7O7/c1-6-15-42-17-21(32-26(38)43-27(2,3)4)23(36)31-20(16-18-11-8-7-9-12-18)22(35)30-19(24(37)41-5)13-10-14-29-25(28)33-34(39)40;1-3-12-36-14-16(23)19(30)27-18(13-15-8-5-4-6-9-15)20(31)26-17(21(32)35-2)10-7-11-25-22(24)28-29(33)34/h6-9,11-12,19-21H,1,10,13-17H2,2-5H3,(H,30,35)(H,31,36)(H,32,38)(H3,28,29,33);3-6,8-9,16-18H,1,7,10-14,23H2,2H3,(H,26,31)(H,27,30)(H3,24,25,28)/p+1/t19-,20+,21-;16-,17-,18+/m00/s1. The number of hydrogen-bond acceptors (Lipinski definition) is 16. The first-order valence-electron chi connectivity index (χ1n) is 24.5. The predicted molar refractivity (Wildman–Crippen MR) is 286 cm³/mol. The molecule has 436 valence electrons. The van der Waals surface area contributed by atoms with Gasteiger partial charge < -0.3 is 78.1 Å². The van der Waals surface area contributed by atoms with Crippen LogP contribution >= 0.6 is 0 Å². The monoisotopic (exact) mass is 1120 g/mol. The molecule has 2 aromatic carbocycles. The highest BCUT2D eigenvalue weighted by atomic mass is 16.7. The van der Waals surface area contributed by atoms with Crippen molar-refractivity contribution in [3.8, 4) is 0 Å². The fourth-order valence-electron chi connectivity index (χ4n) is 6.57.